The van der Waals surface area contributed by atoms with Crippen molar-refractivity contribution in [1.29, 1.82) is 5.26 Å². The van der Waals surface area contributed by atoms with Crippen LogP contribution in [0.2, 0.25) is 0 Å². The van der Waals surface area contributed by atoms with Crippen LogP contribution in [0.5, 0.6) is 11.6 Å². The molecule has 0 atom stereocenters. The summed E-state index contributed by atoms with van der Waals surface area (Å²) in [7, 11) is 4.33. The lowest BCUT2D eigenvalue weighted by atomic mass is 9.93. The number of likely N-dealkylation sites (tertiary alicyclic amines) is 2. The van der Waals surface area contributed by atoms with E-state index in [1.165, 1.54) is 64.6 Å². The van der Waals surface area contributed by atoms with Crippen molar-refractivity contribution in [2.75, 3.05) is 51.3 Å². The van der Waals surface area contributed by atoms with Crippen LogP contribution in [0.3, 0.4) is 0 Å². The maximum atomic E-state index is 10.5. The summed E-state index contributed by atoms with van der Waals surface area (Å²) in [6, 6.07) is 13.3. The molecule has 12 nitrogen and oxygen atoms in total. The second-order valence-corrected chi connectivity index (χ2v) is 20.9. The van der Waals surface area contributed by atoms with E-state index in [9.17, 15) is 10.1 Å². The number of piperidine rings is 2. The molecule has 0 unspecified atom stereocenters. The minimum atomic E-state index is -2.24. The molecule has 0 saturated carbocycles. The topological polar surface area (TPSA) is 148 Å². The smallest absolute Gasteiger partial charge is 0.474 e. The molecule has 0 radical (unpaired) electrons. The number of carbonyl (C=O) groups excluding carboxylic acids is 1. The standard InChI is InChI=1S/C22H25N3O2.C21H28N4.C3Cl6O3/c1-15-12-16-4-3-5-19(16)22(26-14-23)21(15)17-6-9-24-20(13-17)27-18-7-10-25(2)11-8-18;1-14-12-15-4-3-5-18(15)21(22)20(14)16-6-9-23-19(13-16)24-17-7-10-25(2)11-8-17;4-2(5,6)11-1(10)12-3(7,8)9/h6,9,12-13,18H,3-5,7-8,10-11H2,1-2H3;6,9,12-13,17H,3-5,7-8,10-11,22H2,1-2H3,(H,23,24);. The second kappa shape index (κ2) is 22.2. The summed E-state index contributed by atoms with van der Waals surface area (Å²) in [6.45, 7) is 8.65. The van der Waals surface area contributed by atoms with Crippen LogP contribution in [-0.4, -0.2) is 86.3 Å². The summed E-state index contributed by atoms with van der Waals surface area (Å²) < 4.78 is 15.1. The molecule has 3 N–H and O–H groups in total. The number of alkyl halides is 6. The Morgan fingerprint density at radius 1 is 0.766 bits per heavy atom. The van der Waals surface area contributed by atoms with Crippen LogP contribution in [0.1, 0.15) is 71.9 Å². The fourth-order valence-electron chi connectivity index (χ4n) is 8.82. The highest BCUT2D eigenvalue weighted by molar-refractivity contribution is 6.67. The summed E-state index contributed by atoms with van der Waals surface area (Å²) in [5.74, 6) is 2.32. The summed E-state index contributed by atoms with van der Waals surface area (Å²) >= 11 is 30.2. The van der Waals surface area contributed by atoms with Gasteiger partial charge in [-0.15, -0.1) is 5.26 Å². The van der Waals surface area contributed by atoms with Gasteiger partial charge >= 0.3 is 14.1 Å². The first-order valence-electron chi connectivity index (χ1n) is 21.3. The van der Waals surface area contributed by atoms with Crippen molar-refractivity contribution in [3.8, 4) is 40.1 Å². The van der Waals surface area contributed by atoms with Gasteiger partial charge in [-0.25, -0.2) is 14.8 Å². The van der Waals surface area contributed by atoms with Gasteiger partial charge in [0.15, 0.2) is 5.75 Å². The molecule has 2 aliphatic heterocycles. The van der Waals surface area contributed by atoms with Gasteiger partial charge in [0.2, 0.25) is 5.88 Å². The van der Waals surface area contributed by atoms with Crippen LogP contribution in [0, 0.1) is 25.4 Å². The van der Waals surface area contributed by atoms with E-state index in [-0.39, 0.29) is 6.10 Å². The maximum absolute atomic E-state index is 10.5. The Kier molecular flexibility index (Phi) is 17.3. The Bertz CT molecular complexity index is 2280. The molecular formula is C46H53Cl6N7O5. The molecular weight excluding hydrogens is 943 g/mol. The number of nitrogen functional groups attached to an aromatic ring is 1. The number of aromatic nitrogens is 2. The lowest BCUT2D eigenvalue weighted by molar-refractivity contribution is 0.0508. The fourth-order valence-corrected chi connectivity index (χ4v) is 9.20. The molecule has 2 fully saturated rings. The third-order valence-electron chi connectivity index (χ3n) is 11.8. The van der Waals surface area contributed by atoms with Gasteiger partial charge in [0.05, 0.1) is 0 Å². The van der Waals surface area contributed by atoms with Crippen molar-refractivity contribution in [2.24, 2.45) is 0 Å². The van der Waals surface area contributed by atoms with E-state index in [1.807, 2.05) is 24.6 Å². The quantitative estimate of drug-likeness (QED) is 0.0786. The van der Waals surface area contributed by atoms with Gasteiger partial charge in [0, 0.05) is 54.4 Å². The number of nitrogens with zero attached hydrogens (tertiary/aromatic N) is 5. The lowest BCUT2D eigenvalue weighted by Crippen LogP contribution is -2.36. The number of nitrogens with one attached hydrogen (secondary N) is 1. The Balaban J connectivity index is 0.000000172. The number of hydrogen-bond donors (Lipinski definition) is 2. The van der Waals surface area contributed by atoms with Crippen LogP contribution in [0.15, 0.2) is 48.8 Å². The average molecular weight is 997 g/mol. The predicted molar refractivity (Wildman–Crippen MR) is 257 cm³/mol. The number of aryl methyl sites for hydroxylation is 4. The van der Waals surface area contributed by atoms with Crippen molar-refractivity contribution in [2.45, 2.75) is 98.2 Å². The molecule has 4 heterocycles. The number of anilines is 2. The number of nitrogens with two attached hydrogens (primary N) is 1. The highest BCUT2D eigenvalue weighted by atomic mass is 35.6. The Morgan fingerprint density at radius 3 is 1.89 bits per heavy atom. The zero-order chi connectivity index (χ0) is 46.2. The van der Waals surface area contributed by atoms with E-state index < -0.39 is 14.1 Å². The highest BCUT2D eigenvalue weighted by Crippen LogP contribution is 2.43. The van der Waals surface area contributed by atoms with Crippen molar-refractivity contribution < 1.29 is 23.7 Å². The summed E-state index contributed by atoms with van der Waals surface area (Å²) in [5, 5.41) is 12.8. The summed E-state index contributed by atoms with van der Waals surface area (Å²) in [6.07, 6.45) is 15.4. The van der Waals surface area contributed by atoms with Gasteiger partial charge in [0.25, 0.3) is 6.26 Å². The number of pyridine rings is 2. The Hall–Kier alpha value is -3.64. The first-order chi connectivity index (χ1) is 30.4. The fraction of sp³-hybridized carbons (Fsp3) is 0.478. The molecule has 2 aromatic carbocycles. The summed E-state index contributed by atoms with van der Waals surface area (Å²) in [4.78, 5) is 24.2. The van der Waals surface area contributed by atoms with Crippen molar-refractivity contribution in [3.63, 3.8) is 0 Å². The van der Waals surface area contributed by atoms with E-state index in [1.54, 1.807) is 6.20 Å². The first kappa shape index (κ1) is 49.8. The molecule has 2 aromatic heterocycles. The van der Waals surface area contributed by atoms with Crippen LogP contribution >= 0.6 is 69.6 Å². The number of nitriles is 1. The summed E-state index contributed by atoms with van der Waals surface area (Å²) in [5.41, 5.74) is 19.6. The third-order valence-corrected chi connectivity index (χ3v) is 12.3. The molecule has 18 heteroatoms. The Labute approximate surface area is 405 Å². The van der Waals surface area contributed by atoms with Gasteiger partial charge in [-0.05, 0) is 238 Å². The number of halogens is 6. The average Bonchev–Trinajstić information content (AvgIpc) is 3.89. The molecule has 0 bridgehead atoms. The molecule has 64 heavy (non-hydrogen) atoms. The number of carbonyl (C=O) groups is 1. The third kappa shape index (κ3) is 13.9. The van der Waals surface area contributed by atoms with E-state index >= 15 is 0 Å². The highest BCUT2D eigenvalue weighted by Gasteiger charge is 2.32. The van der Waals surface area contributed by atoms with Crippen molar-refractivity contribution in [3.05, 3.63) is 82.2 Å². The van der Waals surface area contributed by atoms with Crippen LogP contribution in [0.25, 0.3) is 22.3 Å². The lowest BCUT2D eigenvalue weighted by Gasteiger charge is -2.29. The van der Waals surface area contributed by atoms with Gasteiger partial charge in [-0.2, -0.15) is 0 Å². The maximum Gasteiger partial charge on any atom is 0.515 e. The van der Waals surface area contributed by atoms with Gasteiger partial charge in [-0.3, -0.25) is 0 Å². The number of rotatable bonds is 7. The van der Waals surface area contributed by atoms with E-state index in [4.69, 9.17) is 84.8 Å². The van der Waals surface area contributed by atoms with E-state index in [0.29, 0.717) is 17.7 Å². The first-order valence-corrected chi connectivity index (χ1v) is 23.5. The normalized spacial score (nSPS) is 16.8. The zero-order valence-electron chi connectivity index (χ0n) is 36.3. The van der Waals surface area contributed by atoms with Crippen LogP contribution in [-0.2, 0) is 35.2 Å². The zero-order valence-corrected chi connectivity index (χ0v) is 40.8. The molecule has 8 rings (SSSR count). The number of ether oxygens (including phenoxy) is 4. The van der Waals surface area contributed by atoms with Crippen LogP contribution < -0.4 is 20.5 Å². The Morgan fingerprint density at radius 2 is 1.30 bits per heavy atom. The number of benzene rings is 2. The second-order valence-electron chi connectivity index (χ2n) is 16.6. The van der Waals surface area contributed by atoms with Crippen molar-refractivity contribution >= 4 is 87.3 Å². The minimum absolute atomic E-state index is 0.208. The van der Waals surface area contributed by atoms with Crippen LogP contribution in [0.4, 0.5) is 16.3 Å². The van der Waals surface area contributed by atoms with E-state index in [2.05, 4.69) is 86.8 Å². The largest absolute Gasteiger partial charge is 0.515 e. The molecule has 2 aliphatic carbocycles. The number of hydrogen-bond acceptors (Lipinski definition) is 12. The predicted octanol–water partition coefficient (Wildman–Crippen LogP) is 11.3. The molecule has 4 aliphatic rings. The monoisotopic (exact) mass is 993 g/mol. The number of fused-ring (bicyclic) bond motifs is 2. The van der Waals surface area contributed by atoms with Gasteiger partial charge < -0.3 is 39.8 Å². The molecule has 2 saturated heterocycles. The van der Waals surface area contributed by atoms with Gasteiger partial charge in [-0.1, -0.05) is 12.1 Å². The van der Waals surface area contributed by atoms with E-state index in [0.717, 1.165) is 92.9 Å². The molecule has 0 spiro atoms. The SMILES string of the molecule is Cc1cc2c(c(N)c1-c1ccnc(NC3CCN(C)CC3)c1)CCC2.Cc1cc2c(c(OC#N)c1-c1ccnc(OC3CCN(C)CC3)c1)CCC2.O=C(OC(Cl)(Cl)Cl)OC(Cl)(Cl)Cl. The molecule has 0 amide bonds. The minimum Gasteiger partial charge on any atom is -0.474 e. The molecule has 4 aromatic rings. The van der Waals surface area contributed by atoms with Crippen molar-refractivity contribution in [1.82, 2.24) is 19.8 Å². The molecule has 344 valence electrons. The van der Waals surface area contributed by atoms with Gasteiger partial charge in [0.1, 0.15) is 11.9 Å².